The fourth-order valence-corrected chi connectivity index (χ4v) is 0.708. The molecule has 0 saturated carbocycles. The van der Waals surface area contributed by atoms with Gasteiger partial charge in [0, 0.05) is 5.54 Å². The molecule has 0 fully saturated rings. The van der Waals surface area contributed by atoms with Crippen molar-refractivity contribution in [3.8, 4) is 0 Å². The Balaban J connectivity index is 3.87. The number of nitrogens with one attached hydrogen (secondary N) is 1. The second kappa shape index (κ2) is 3.01. The Morgan fingerprint density at radius 3 is 2.50 bits per heavy atom. The highest BCUT2D eigenvalue weighted by Crippen LogP contribution is 2.00. The average Bonchev–Trinajstić information content (AvgIpc) is 1.82. The van der Waals surface area contributed by atoms with Gasteiger partial charge in [0.1, 0.15) is 6.04 Å². The number of aliphatic carboxylic acids is 1. The zero-order chi connectivity index (χ0) is 9.07. The summed E-state index contributed by atoms with van der Waals surface area (Å²) in [5.41, 5.74) is -0.131. The molecule has 60 valence electrons. The molecule has 3 heteroatoms. The largest absolute Gasteiger partial charge is 0.480 e. The topological polar surface area (TPSA) is 49.3 Å². The lowest BCUT2D eigenvalue weighted by atomic mass is 10.1. The summed E-state index contributed by atoms with van der Waals surface area (Å²) in [5, 5.41) is 6.78. The number of hydrogen-bond donors (Lipinski definition) is 2. The van der Waals surface area contributed by atoms with Gasteiger partial charge >= 0.3 is 5.97 Å². The minimum atomic E-state index is -0.556. The molecule has 0 saturated heterocycles. The maximum Gasteiger partial charge on any atom is 0.320 e. The highest BCUT2D eigenvalue weighted by molar-refractivity contribution is 5.72. The summed E-state index contributed by atoms with van der Waals surface area (Å²) in [7, 11) is 0. The van der Waals surface area contributed by atoms with Crippen LogP contribution in [0.25, 0.3) is 1.43 Å². The monoisotopic (exact) mass is 146 g/mol. The zero-order valence-electron chi connectivity index (χ0n) is 7.89. The lowest BCUT2D eigenvalue weighted by molar-refractivity contribution is -0.139. The molecule has 0 bridgehead atoms. The van der Waals surface area contributed by atoms with Crippen LogP contribution in [-0.2, 0) is 4.79 Å². The first kappa shape index (κ1) is 7.54. The first-order chi connectivity index (χ1) is 4.87. The van der Waals surface area contributed by atoms with Crippen LogP contribution in [-0.4, -0.2) is 22.7 Å². The quantitative estimate of drug-likeness (QED) is 0.607. The summed E-state index contributed by atoms with van der Waals surface area (Å²) >= 11 is 0. The summed E-state index contributed by atoms with van der Waals surface area (Å²) in [6, 6.07) is -0.424. The fourth-order valence-electron chi connectivity index (χ4n) is 0.708. The van der Waals surface area contributed by atoms with Crippen LogP contribution >= 0.6 is 0 Å². The minimum Gasteiger partial charge on any atom is -0.480 e. The molecule has 0 heterocycles. The molecule has 10 heavy (non-hydrogen) atoms. The molecule has 1 atom stereocenters. The number of hydrogen-bond acceptors (Lipinski definition) is 3. The van der Waals surface area contributed by atoms with Crippen molar-refractivity contribution in [3.63, 3.8) is 0 Å². The van der Waals surface area contributed by atoms with E-state index in [-0.39, 0.29) is 5.54 Å². The predicted octanol–water partition coefficient (Wildman–Crippen LogP) is 0.848. The van der Waals surface area contributed by atoms with E-state index in [1.165, 1.54) is 0 Å². The van der Waals surface area contributed by atoms with Gasteiger partial charge in [-0.15, -0.1) is 0 Å². The molecule has 0 aliphatic heterocycles. The van der Waals surface area contributed by atoms with Crippen molar-refractivity contribution in [2.45, 2.75) is 39.3 Å². The standard InChI is InChI=1S/C7H15NO2/c1-5(6(9)10)8-7(2,3)4/h5,8H,1-4H3,(H,9,10)/t5-/m0/s1/i/hD. The second-order valence-corrected chi connectivity index (χ2v) is 3.44. The normalized spacial score (nSPS) is 15.8. The lowest BCUT2D eigenvalue weighted by Gasteiger charge is -2.23. The molecule has 0 aliphatic carbocycles. The molecule has 0 unspecified atom stereocenters. The van der Waals surface area contributed by atoms with E-state index in [2.05, 4.69) is 10.4 Å². The molecule has 0 radical (unpaired) electrons. The van der Waals surface area contributed by atoms with E-state index in [1.807, 2.05) is 20.8 Å². The van der Waals surface area contributed by atoms with Crippen molar-refractivity contribution in [1.29, 1.82) is 1.43 Å². The van der Waals surface area contributed by atoms with Crippen LogP contribution in [0.2, 0.25) is 0 Å². The van der Waals surface area contributed by atoms with E-state index in [4.69, 9.17) is 1.43 Å². The molecule has 0 aromatic rings. The van der Waals surface area contributed by atoms with Crippen LogP contribution in [0.4, 0.5) is 0 Å². The third-order valence-corrected chi connectivity index (χ3v) is 1.00. The molecule has 3 nitrogen and oxygen atoms in total. The summed E-state index contributed by atoms with van der Waals surface area (Å²) < 4.78 is 6.36. The van der Waals surface area contributed by atoms with Gasteiger partial charge in [-0.1, -0.05) is 0 Å². The Morgan fingerprint density at radius 2 is 2.20 bits per heavy atom. The average molecular weight is 146 g/mol. The van der Waals surface area contributed by atoms with Crippen LogP contribution in [0.5, 0.6) is 0 Å². The van der Waals surface area contributed by atoms with Crippen molar-refractivity contribution in [1.82, 2.24) is 5.32 Å². The molecule has 0 amide bonds. The van der Waals surface area contributed by atoms with Crippen molar-refractivity contribution >= 4 is 5.97 Å². The number of carboxylic acid groups (broad SMARTS) is 1. The van der Waals surface area contributed by atoms with Crippen LogP contribution in [0, 0.1) is 0 Å². The maximum absolute atomic E-state index is 10.7. The molecule has 0 aromatic carbocycles. The van der Waals surface area contributed by atoms with Crippen molar-refractivity contribution in [3.05, 3.63) is 0 Å². The highest BCUT2D eigenvalue weighted by Gasteiger charge is 2.17. The predicted molar refractivity (Wildman–Crippen MR) is 40.0 cm³/mol. The summed E-state index contributed by atoms with van der Waals surface area (Å²) in [6.45, 7) is 7.50. The van der Waals surface area contributed by atoms with Gasteiger partial charge in [0.25, 0.3) is 1.43 Å². The summed E-state index contributed by atoms with van der Waals surface area (Å²) in [6.07, 6.45) is 0. The van der Waals surface area contributed by atoms with Crippen LogP contribution < -0.4 is 5.32 Å². The molecule has 2 N–H and O–H groups in total. The molecule has 0 spiro atoms. The Labute approximate surface area is 62.9 Å². The van der Waals surface area contributed by atoms with Crippen molar-refractivity contribution in [2.24, 2.45) is 0 Å². The second-order valence-electron chi connectivity index (χ2n) is 3.44. The minimum absolute atomic E-state index is 0.131. The number of rotatable bonds is 2. The van der Waals surface area contributed by atoms with Crippen LogP contribution in [0.1, 0.15) is 27.7 Å². The SMILES string of the molecule is [2H]OC(=O)[C@H](C)NC(C)(C)C. The van der Waals surface area contributed by atoms with Gasteiger partial charge in [0.15, 0.2) is 0 Å². The zero-order valence-corrected chi connectivity index (χ0v) is 6.89. The third kappa shape index (κ3) is 4.32. The summed E-state index contributed by atoms with van der Waals surface area (Å²) in [4.78, 5) is 10.7. The van der Waals surface area contributed by atoms with E-state index in [1.54, 1.807) is 6.92 Å². The third-order valence-electron chi connectivity index (χ3n) is 1.00. The molecular formula is C7H15NO2. The van der Waals surface area contributed by atoms with Crippen LogP contribution in [0.15, 0.2) is 0 Å². The number of carbonyl (C=O) groups is 1. The van der Waals surface area contributed by atoms with E-state index >= 15 is 0 Å². The van der Waals surface area contributed by atoms with Crippen molar-refractivity contribution in [2.75, 3.05) is 0 Å². The van der Waals surface area contributed by atoms with E-state index in [0.29, 0.717) is 0 Å². The molecule has 0 aromatic heterocycles. The Kier molecular flexibility index (Phi) is 2.27. The Hall–Kier alpha value is -0.570. The van der Waals surface area contributed by atoms with E-state index < -0.39 is 12.0 Å². The molecule has 0 aliphatic rings. The van der Waals surface area contributed by atoms with E-state index in [9.17, 15) is 4.79 Å². The van der Waals surface area contributed by atoms with Crippen LogP contribution in [0.3, 0.4) is 0 Å². The van der Waals surface area contributed by atoms with Crippen molar-refractivity contribution < 1.29 is 9.90 Å². The van der Waals surface area contributed by atoms with E-state index in [0.717, 1.165) is 0 Å². The van der Waals surface area contributed by atoms with Gasteiger partial charge in [-0.3, -0.25) is 10.1 Å². The molecule has 0 rings (SSSR count). The Morgan fingerprint density at radius 1 is 1.70 bits per heavy atom. The molecular weight excluding hydrogens is 130 g/mol. The smallest absolute Gasteiger partial charge is 0.320 e. The van der Waals surface area contributed by atoms with Gasteiger partial charge in [0.05, 0.1) is 0 Å². The van der Waals surface area contributed by atoms with Gasteiger partial charge in [-0.05, 0) is 27.7 Å². The first-order valence-corrected chi connectivity index (χ1v) is 3.31. The maximum atomic E-state index is 10.7. The fraction of sp³-hybridized carbons (Fsp3) is 0.857. The Bertz CT molecular complexity index is 142. The number of carboxylic acids is 1. The van der Waals surface area contributed by atoms with Gasteiger partial charge in [0.2, 0.25) is 0 Å². The summed E-state index contributed by atoms with van der Waals surface area (Å²) in [5.74, 6) is -0.556. The highest BCUT2D eigenvalue weighted by atomic mass is 16.4. The van der Waals surface area contributed by atoms with Gasteiger partial charge in [-0.2, -0.15) is 0 Å². The van der Waals surface area contributed by atoms with Gasteiger partial charge in [-0.25, -0.2) is 0 Å². The van der Waals surface area contributed by atoms with Gasteiger partial charge < -0.3 is 5.11 Å². The first-order valence-electron chi connectivity index (χ1n) is 3.72. The lowest BCUT2D eigenvalue weighted by Crippen LogP contribution is -2.45.